The number of rotatable bonds is 7. The zero-order valence-corrected chi connectivity index (χ0v) is 18.4. The third kappa shape index (κ3) is 3.85. The number of aromatic nitrogens is 1. The van der Waals surface area contributed by atoms with Crippen LogP contribution in [-0.4, -0.2) is 32.2 Å². The number of carbonyl (C=O) groups excluding carboxylic acids is 1. The molecule has 2 heterocycles. The first-order chi connectivity index (χ1) is 15.6. The lowest BCUT2D eigenvalue weighted by Crippen LogP contribution is -2.31. The fourth-order valence-electron chi connectivity index (χ4n) is 3.68. The van der Waals surface area contributed by atoms with Gasteiger partial charge in [-0.3, -0.25) is 9.69 Å². The summed E-state index contributed by atoms with van der Waals surface area (Å²) in [7, 11) is 4.66. The highest BCUT2D eigenvalue weighted by Gasteiger charge is 2.26. The molecular formula is C25H24N2O5. The van der Waals surface area contributed by atoms with E-state index in [9.17, 15) is 4.79 Å². The molecule has 0 atom stereocenters. The van der Waals surface area contributed by atoms with Crippen molar-refractivity contribution in [1.29, 1.82) is 0 Å². The Labute approximate surface area is 186 Å². The van der Waals surface area contributed by atoms with Crippen LogP contribution in [0.25, 0.3) is 11.0 Å². The van der Waals surface area contributed by atoms with Crippen molar-refractivity contribution >= 4 is 22.7 Å². The van der Waals surface area contributed by atoms with Gasteiger partial charge in [0.25, 0.3) is 5.91 Å². The Morgan fingerprint density at radius 3 is 2.25 bits per heavy atom. The van der Waals surface area contributed by atoms with Gasteiger partial charge in [-0.05, 0) is 42.8 Å². The molecule has 1 amide bonds. The van der Waals surface area contributed by atoms with Crippen molar-refractivity contribution in [3.8, 4) is 17.2 Å². The Hall–Kier alpha value is -4.00. The summed E-state index contributed by atoms with van der Waals surface area (Å²) in [5, 5.41) is 0.907. The minimum absolute atomic E-state index is 0.225. The number of amides is 1. The van der Waals surface area contributed by atoms with Crippen LogP contribution >= 0.6 is 0 Å². The molecule has 0 fully saturated rings. The Bertz CT molecular complexity index is 1220. The molecule has 7 nitrogen and oxygen atoms in total. The quantitative estimate of drug-likeness (QED) is 0.409. The zero-order valence-electron chi connectivity index (χ0n) is 18.4. The van der Waals surface area contributed by atoms with Crippen molar-refractivity contribution in [2.45, 2.75) is 13.5 Å². The molecule has 0 saturated heterocycles. The van der Waals surface area contributed by atoms with Crippen LogP contribution in [0.2, 0.25) is 0 Å². The first-order valence-corrected chi connectivity index (χ1v) is 10.1. The maximum atomic E-state index is 13.7. The Morgan fingerprint density at radius 2 is 1.66 bits per heavy atom. The summed E-state index contributed by atoms with van der Waals surface area (Å²) >= 11 is 0. The van der Waals surface area contributed by atoms with Gasteiger partial charge < -0.3 is 18.6 Å². The smallest absolute Gasteiger partial charge is 0.295 e. The summed E-state index contributed by atoms with van der Waals surface area (Å²) in [6.07, 6.45) is 1.65. The Kier molecular flexibility index (Phi) is 5.98. The highest BCUT2D eigenvalue weighted by molar-refractivity contribution is 6.07. The average Bonchev–Trinajstić information content (AvgIpc) is 3.18. The van der Waals surface area contributed by atoms with Gasteiger partial charge in [-0.15, -0.1) is 0 Å². The van der Waals surface area contributed by atoms with Crippen LogP contribution in [-0.2, 0) is 6.54 Å². The summed E-state index contributed by atoms with van der Waals surface area (Å²) in [6.45, 7) is 2.11. The Balaban J connectivity index is 1.79. The third-order valence-corrected chi connectivity index (χ3v) is 5.27. The molecule has 0 aliphatic rings. The fourth-order valence-corrected chi connectivity index (χ4v) is 3.68. The minimum atomic E-state index is -0.286. The van der Waals surface area contributed by atoms with Crippen molar-refractivity contribution < 1.29 is 23.4 Å². The van der Waals surface area contributed by atoms with E-state index in [0.717, 1.165) is 16.5 Å². The number of anilines is 1. The van der Waals surface area contributed by atoms with Gasteiger partial charge in [-0.2, -0.15) is 0 Å². The standard InChI is InChI=1S/C25H24N2O5/c1-16-18-9-5-6-10-19(18)32-23(16)25(28)27(22-11-7-8-12-26-22)15-17-13-20(29-2)24(31-4)21(14-17)30-3/h5-14H,15H2,1-4H3. The van der Waals surface area contributed by atoms with E-state index >= 15 is 0 Å². The number of aryl methyl sites for hydroxylation is 1. The summed E-state index contributed by atoms with van der Waals surface area (Å²) in [4.78, 5) is 19.7. The van der Waals surface area contributed by atoms with Crippen LogP contribution in [0.5, 0.6) is 17.2 Å². The molecule has 0 saturated carbocycles. The minimum Gasteiger partial charge on any atom is -0.493 e. The largest absolute Gasteiger partial charge is 0.493 e. The van der Waals surface area contributed by atoms with Gasteiger partial charge in [-0.25, -0.2) is 4.98 Å². The van der Waals surface area contributed by atoms with Crippen LogP contribution in [0, 0.1) is 6.92 Å². The molecule has 4 rings (SSSR count). The van der Waals surface area contributed by atoms with Crippen LogP contribution in [0.15, 0.2) is 65.2 Å². The summed E-state index contributed by atoms with van der Waals surface area (Å²) in [5.74, 6) is 2.01. The van der Waals surface area contributed by atoms with Gasteiger partial charge >= 0.3 is 0 Å². The lowest BCUT2D eigenvalue weighted by atomic mass is 10.1. The summed E-state index contributed by atoms with van der Waals surface area (Å²) < 4.78 is 22.3. The van der Waals surface area contributed by atoms with Crippen LogP contribution < -0.4 is 19.1 Å². The molecule has 0 spiro atoms. The van der Waals surface area contributed by atoms with Gasteiger partial charge in [0.15, 0.2) is 17.3 Å². The van der Waals surface area contributed by atoms with E-state index in [1.807, 2.05) is 49.4 Å². The normalized spacial score (nSPS) is 10.8. The van der Waals surface area contributed by atoms with Crippen molar-refractivity contribution in [2.75, 3.05) is 26.2 Å². The highest BCUT2D eigenvalue weighted by atomic mass is 16.5. The molecule has 0 unspecified atom stereocenters. The fraction of sp³-hybridized carbons (Fsp3) is 0.200. The molecule has 0 bridgehead atoms. The number of benzene rings is 2. The van der Waals surface area contributed by atoms with Crippen molar-refractivity contribution in [1.82, 2.24) is 4.98 Å². The lowest BCUT2D eigenvalue weighted by Gasteiger charge is -2.22. The van der Waals surface area contributed by atoms with E-state index in [2.05, 4.69) is 4.98 Å². The van der Waals surface area contributed by atoms with Gasteiger partial charge in [0.05, 0.1) is 27.9 Å². The maximum Gasteiger partial charge on any atom is 0.295 e. The zero-order chi connectivity index (χ0) is 22.7. The number of hydrogen-bond donors (Lipinski definition) is 0. The molecule has 32 heavy (non-hydrogen) atoms. The molecule has 0 radical (unpaired) electrons. The van der Waals surface area contributed by atoms with Gasteiger partial charge in [0, 0.05) is 17.1 Å². The lowest BCUT2D eigenvalue weighted by molar-refractivity contribution is 0.0959. The highest BCUT2D eigenvalue weighted by Crippen LogP contribution is 2.39. The second kappa shape index (κ2) is 9.01. The first kappa shape index (κ1) is 21.2. The molecule has 2 aromatic heterocycles. The van der Waals surface area contributed by atoms with Gasteiger partial charge in [0.2, 0.25) is 5.75 Å². The van der Waals surface area contributed by atoms with Gasteiger partial charge in [0.1, 0.15) is 11.4 Å². The number of para-hydroxylation sites is 1. The second-order valence-electron chi connectivity index (χ2n) is 7.17. The average molecular weight is 432 g/mol. The van der Waals surface area contributed by atoms with E-state index in [1.165, 1.54) is 0 Å². The molecule has 0 N–H and O–H groups in total. The van der Waals surface area contributed by atoms with Crippen LogP contribution in [0.3, 0.4) is 0 Å². The molecular weight excluding hydrogens is 408 g/mol. The number of hydrogen-bond acceptors (Lipinski definition) is 6. The predicted octanol–water partition coefficient (Wildman–Crippen LogP) is 5.01. The van der Waals surface area contributed by atoms with Crippen LogP contribution in [0.1, 0.15) is 21.7 Å². The molecule has 0 aliphatic carbocycles. The number of furan rings is 1. The van der Waals surface area contributed by atoms with Crippen molar-refractivity contribution in [2.24, 2.45) is 0 Å². The number of nitrogens with zero attached hydrogens (tertiary/aromatic N) is 2. The number of pyridine rings is 1. The number of carbonyl (C=O) groups is 1. The number of fused-ring (bicyclic) bond motifs is 1. The maximum absolute atomic E-state index is 13.7. The molecule has 4 aromatic rings. The van der Waals surface area contributed by atoms with Gasteiger partial charge in [-0.1, -0.05) is 24.3 Å². The monoisotopic (exact) mass is 432 g/mol. The predicted molar refractivity (Wildman–Crippen MR) is 122 cm³/mol. The summed E-state index contributed by atoms with van der Waals surface area (Å²) in [5.41, 5.74) is 2.24. The molecule has 7 heteroatoms. The van der Waals surface area contributed by atoms with E-state index in [1.54, 1.807) is 44.6 Å². The molecule has 164 valence electrons. The van der Waals surface area contributed by atoms with E-state index in [4.69, 9.17) is 18.6 Å². The van der Waals surface area contributed by atoms with E-state index < -0.39 is 0 Å². The third-order valence-electron chi connectivity index (χ3n) is 5.27. The Morgan fingerprint density at radius 1 is 0.969 bits per heavy atom. The van der Waals surface area contributed by atoms with Crippen molar-refractivity contribution in [3.05, 3.63) is 77.7 Å². The molecule has 0 aliphatic heterocycles. The number of ether oxygens (including phenoxy) is 3. The first-order valence-electron chi connectivity index (χ1n) is 10.1. The second-order valence-corrected chi connectivity index (χ2v) is 7.17. The summed E-state index contributed by atoms with van der Waals surface area (Å²) in [6, 6.07) is 16.7. The van der Waals surface area contributed by atoms with Crippen molar-refractivity contribution in [3.63, 3.8) is 0 Å². The van der Waals surface area contributed by atoms with E-state index in [0.29, 0.717) is 28.6 Å². The van der Waals surface area contributed by atoms with E-state index in [-0.39, 0.29) is 18.2 Å². The SMILES string of the molecule is COc1cc(CN(C(=O)c2oc3ccccc3c2C)c2ccccn2)cc(OC)c1OC. The molecule has 2 aromatic carbocycles. The number of methoxy groups -OCH3 is 3. The topological polar surface area (TPSA) is 74.0 Å². The van der Waals surface area contributed by atoms with Crippen LogP contribution in [0.4, 0.5) is 5.82 Å².